The van der Waals surface area contributed by atoms with Crippen LogP contribution in [0.5, 0.6) is 0 Å². The van der Waals surface area contributed by atoms with E-state index in [0.717, 1.165) is 10.3 Å². The first-order chi connectivity index (χ1) is 8.14. The van der Waals surface area contributed by atoms with Gasteiger partial charge < -0.3 is 13.9 Å². The van der Waals surface area contributed by atoms with Crippen molar-refractivity contribution in [3.05, 3.63) is 10.9 Å². The molecule has 2 heterocycles. The van der Waals surface area contributed by atoms with Crippen molar-refractivity contribution in [2.45, 2.75) is 58.8 Å². The van der Waals surface area contributed by atoms with Gasteiger partial charge >= 0.3 is 7.12 Å². The van der Waals surface area contributed by atoms with E-state index in [1.165, 1.54) is 0 Å². The van der Waals surface area contributed by atoms with E-state index in [1.54, 1.807) is 0 Å². The van der Waals surface area contributed by atoms with Crippen LogP contribution in [0.2, 0.25) is 0 Å². The number of nitrogens with zero attached hydrogens (tertiary/aromatic N) is 2. The molecule has 100 valence electrons. The Morgan fingerprint density at radius 3 is 2.11 bits per heavy atom. The van der Waals surface area contributed by atoms with Crippen LogP contribution < -0.4 is 5.59 Å². The van der Waals surface area contributed by atoms with Gasteiger partial charge in [-0.1, -0.05) is 0 Å². The minimum Gasteiger partial charge on any atom is -0.398 e. The number of imidazole rings is 1. The van der Waals surface area contributed by atoms with Gasteiger partial charge in [0.2, 0.25) is 0 Å². The molecule has 1 aromatic rings. The normalized spacial score (nSPS) is 21.9. The van der Waals surface area contributed by atoms with Crippen LogP contribution in [0.1, 0.15) is 47.6 Å². The Labute approximate surface area is 117 Å². The van der Waals surface area contributed by atoms with E-state index in [9.17, 15) is 0 Å². The summed E-state index contributed by atoms with van der Waals surface area (Å²) >= 11 is 3.46. The average Bonchev–Trinajstić information content (AvgIpc) is 2.66. The highest BCUT2D eigenvalue weighted by Gasteiger charge is 2.52. The third kappa shape index (κ3) is 2.26. The molecule has 0 aromatic carbocycles. The fourth-order valence-corrected chi connectivity index (χ4v) is 2.55. The maximum atomic E-state index is 5.98. The maximum Gasteiger partial charge on any atom is 0.516 e. The summed E-state index contributed by atoms with van der Waals surface area (Å²) in [5.41, 5.74) is 0.159. The van der Waals surface area contributed by atoms with Crippen LogP contribution in [0.4, 0.5) is 0 Å². The Bertz CT molecular complexity index is 441. The highest BCUT2D eigenvalue weighted by atomic mass is 79.9. The van der Waals surface area contributed by atoms with Crippen molar-refractivity contribution >= 4 is 28.6 Å². The first-order valence-electron chi connectivity index (χ1n) is 6.24. The van der Waals surface area contributed by atoms with Crippen LogP contribution in [-0.4, -0.2) is 27.9 Å². The first-order valence-corrected chi connectivity index (χ1v) is 7.03. The molecule has 0 radical (unpaired) electrons. The van der Waals surface area contributed by atoms with Gasteiger partial charge in [0, 0.05) is 12.2 Å². The van der Waals surface area contributed by atoms with Crippen molar-refractivity contribution < 1.29 is 9.31 Å². The van der Waals surface area contributed by atoms with E-state index < -0.39 is 7.12 Å². The lowest BCUT2D eigenvalue weighted by Crippen LogP contribution is -2.41. The molecule has 2 rings (SSSR count). The van der Waals surface area contributed by atoms with Crippen molar-refractivity contribution in [3.63, 3.8) is 0 Å². The van der Waals surface area contributed by atoms with E-state index in [1.807, 2.05) is 33.9 Å². The maximum absolute atomic E-state index is 5.98. The summed E-state index contributed by atoms with van der Waals surface area (Å²) in [6, 6.07) is 0.350. The van der Waals surface area contributed by atoms with Gasteiger partial charge in [-0.15, -0.1) is 0 Å². The second-order valence-corrected chi connectivity index (χ2v) is 6.73. The standard InChI is InChI=1S/C12H20BBrN2O2/c1-8(2)16-7-9(15-10(16)14)13-17-11(3,4)12(5,6)18-13/h7-8H,1-6H3. The lowest BCUT2D eigenvalue weighted by atomic mass is 9.86. The summed E-state index contributed by atoms with van der Waals surface area (Å²) in [6.45, 7) is 12.4. The quantitative estimate of drug-likeness (QED) is 0.787. The van der Waals surface area contributed by atoms with Crippen molar-refractivity contribution in [3.8, 4) is 0 Å². The third-order valence-corrected chi connectivity index (χ3v) is 4.34. The summed E-state index contributed by atoms with van der Waals surface area (Å²) in [5.74, 6) is 0. The van der Waals surface area contributed by atoms with Crippen LogP contribution in [-0.2, 0) is 9.31 Å². The van der Waals surface area contributed by atoms with E-state index >= 15 is 0 Å². The van der Waals surface area contributed by atoms with Gasteiger partial charge in [-0.2, -0.15) is 0 Å². The smallest absolute Gasteiger partial charge is 0.398 e. The monoisotopic (exact) mass is 314 g/mol. The highest BCUT2D eigenvalue weighted by Crippen LogP contribution is 2.36. The molecule has 1 aromatic heterocycles. The lowest BCUT2D eigenvalue weighted by Gasteiger charge is -2.32. The Balaban J connectivity index is 2.27. The number of halogens is 1. The SMILES string of the molecule is CC(C)n1cc(B2OC(C)(C)C(C)(C)O2)nc1Br. The van der Waals surface area contributed by atoms with Gasteiger partial charge in [-0.25, -0.2) is 4.98 Å². The molecule has 1 aliphatic heterocycles. The van der Waals surface area contributed by atoms with Crippen LogP contribution >= 0.6 is 15.9 Å². The molecular formula is C12H20BBrN2O2. The van der Waals surface area contributed by atoms with E-state index in [-0.39, 0.29) is 11.2 Å². The average molecular weight is 315 g/mol. The molecule has 6 heteroatoms. The summed E-state index contributed by atoms with van der Waals surface area (Å²) in [4.78, 5) is 4.47. The summed E-state index contributed by atoms with van der Waals surface area (Å²) < 4.78 is 14.8. The molecule has 1 saturated heterocycles. The molecule has 0 aliphatic carbocycles. The molecule has 0 saturated carbocycles. The lowest BCUT2D eigenvalue weighted by molar-refractivity contribution is 0.00578. The van der Waals surface area contributed by atoms with Gasteiger partial charge in [-0.3, -0.25) is 0 Å². The molecule has 1 aliphatic rings. The Morgan fingerprint density at radius 2 is 1.72 bits per heavy atom. The van der Waals surface area contributed by atoms with E-state index in [2.05, 4.69) is 39.3 Å². The fourth-order valence-electron chi connectivity index (χ4n) is 1.83. The summed E-state index contributed by atoms with van der Waals surface area (Å²) in [6.07, 6.45) is 1.98. The third-order valence-electron chi connectivity index (χ3n) is 3.76. The number of hydrogen-bond acceptors (Lipinski definition) is 3. The largest absolute Gasteiger partial charge is 0.516 e. The Morgan fingerprint density at radius 1 is 1.22 bits per heavy atom. The van der Waals surface area contributed by atoms with Crippen LogP contribution in [0.25, 0.3) is 0 Å². The zero-order valence-electron chi connectivity index (χ0n) is 11.8. The van der Waals surface area contributed by atoms with Crippen LogP contribution in [0, 0.1) is 0 Å². The second-order valence-electron chi connectivity index (χ2n) is 6.02. The second kappa shape index (κ2) is 4.35. The molecule has 1 fully saturated rings. The Hall–Kier alpha value is -0.325. The van der Waals surface area contributed by atoms with Crippen molar-refractivity contribution in [1.82, 2.24) is 9.55 Å². The van der Waals surface area contributed by atoms with Gasteiger partial charge in [0.25, 0.3) is 0 Å². The molecule has 0 atom stereocenters. The molecule has 0 unspecified atom stereocenters. The van der Waals surface area contributed by atoms with E-state index in [4.69, 9.17) is 9.31 Å². The predicted octanol–water partition coefficient (Wildman–Crippen LogP) is 2.53. The molecule has 0 spiro atoms. The zero-order valence-corrected chi connectivity index (χ0v) is 13.4. The van der Waals surface area contributed by atoms with Crippen molar-refractivity contribution in [2.75, 3.05) is 0 Å². The van der Waals surface area contributed by atoms with E-state index in [0.29, 0.717) is 6.04 Å². The van der Waals surface area contributed by atoms with Gasteiger partial charge in [0.15, 0.2) is 4.73 Å². The molecule has 0 bridgehead atoms. The van der Waals surface area contributed by atoms with Crippen molar-refractivity contribution in [2.24, 2.45) is 0 Å². The molecule has 18 heavy (non-hydrogen) atoms. The van der Waals surface area contributed by atoms with Crippen LogP contribution in [0.3, 0.4) is 0 Å². The number of hydrogen-bond donors (Lipinski definition) is 0. The molecule has 0 N–H and O–H groups in total. The van der Waals surface area contributed by atoms with Gasteiger partial charge in [0.05, 0.1) is 16.8 Å². The number of aromatic nitrogens is 2. The molecule has 4 nitrogen and oxygen atoms in total. The molecule has 0 amide bonds. The summed E-state index contributed by atoms with van der Waals surface area (Å²) in [7, 11) is -0.397. The molecular weight excluding hydrogens is 295 g/mol. The van der Waals surface area contributed by atoms with Gasteiger partial charge in [0.1, 0.15) is 0 Å². The topological polar surface area (TPSA) is 36.3 Å². The summed E-state index contributed by atoms with van der Waals surface area (Å²) in [5, 5.41) is 0. The Kier molecular flexibility index (Phi) is 3.41. The predicted molar refractivity (Wildman–Crippen MR) is 76.0 cm³/mol. The van der Waals surface area contributed by atoms with Gasteiger partial charge in [-0.05, 0) is 57.5 Å². The van der Waals surface area contributed by atoms with Crippen LogP contribution in [0.15, 0.2) is 10.9 Å². The van der Waals surface area contributed by atoms with Crippen molar-refractivity contribution in [1.29, 1.82) is 0 Å². The first kappa shape index (κ1) is 14.1. The highest BCUT2D eigenvalue weighted by molar-refractivity contribution is 9.10. The number of rotatable bonds is 2. The minimum absolute atomic E-state index is 0.328. The minimum atomic E-state index is -0.397. The fraction of sp³-hybridized carbons (Fsp3) is 0.750. The zero-order chi connectivity index (χ0) is 13.7.